The molecule has 2 aromatic rings. The fourth-order valence-electron chi connectivity index (χ4n) is 2.14. The Morgan fingerprint density at radius 2 is 1.85 bits per heavy atom. The van der Waals surface area contributed by atoms with Gasteiger partial charge in [-0.25, -0.2) is 10.4 Å². The van der Waals surface area contributed by atoms with Gasteiger partial charge in [0.1, 0.15) is 5.57 Å². The van der Waals surface area contributed by atoms with Crippen molar-refractivity contribution in [3.8, 4) is 0 Å². The van der Waals surface area contributed by atoms with Crippen LogP contribution in [0.25, 0.3) is 6.08 Å². The maximum absolute atomic E-state index is 11.9. The van der Waals surface area contributed by atoms with Crippen LogP contribution >= 0.6 is 23.2 Å². The van der Waals surface area contributed by atoms with Gasteiger partial charge in [0.05, 0.1) is 16.1 Å². The van der Waals surface area contributed by atoms with Gasteiger partial charge in [-0.3, -0.25) is 14.4 Å². The lowest BCUT2D eigenvalue weighted by molar-refractivity contribution is -0.136. The molecule has 27 heavy (non-hydrogen) atoms. The van der Waals surface area contributed by atoms with Crippen LogP contribution in [0.2, 0.25) is 10.0 Å². The number of benzene rings is 2. The smallest absolute Gasteiger partial charge is 0.316 e. The maximum atomic E-state index is 11.9. The highest BCUT2D eigenvalue weighted by Gasteiger charge is 2.15. The molecule has 0 atom stereocenters. The molecule has 0 saturated heterocycles. The van der Waals surface area contributed by atoms with Crippen LogP contribution < -0.4 is 21.3 Å². The minimum absolute atomic E-state index is 0.0484. The second-order valence-corrected chi connectivity index (χ2v) is 6.12. The highest BCUT2D eigenvalue weighted by Crippen LogP contribution is 2.25. The van der Waals surface area contributed by atoms with Gasteiger partial charge >= 0.3 is 11.8 Å². The fourth-order valence-corrected chi connectivity index (χ4v) is 2.48. The second kappa shape index (κ2) is 7.97. The number of hydrogen-bond acceptors (Lipinski definition) is 4. The van der Waals surface area contributed by atoms with Gasteiger partial charge in [0, 0.05) is 16.1 Å². The maximum Gasteiger partial charge on any atom is 0.330 e. The number of amides is 3. The molecule has 3 amide bonds. The third-order valence-corrected chi connectivity index (χ3v) is 3.97. The van der Waals surface area contributed by atoms with Crippen molar-refractivity contribution in [2.75, 3.05) is 5.32 Å². The molecule has 0 aromatic heterocycles. The van der Waals surface area contributed by atoms with Gasteiger partial charge in [0.15, 0.2) is 0 Å². The lowest BCUT2D eigenvalue weighted by atomic mass is 10.1. The number of hydrazone groups is 1. The first-order valence-electron chi connectivity index (χ1n) is 7.53. The van der Waals surface area contributed by atoms with Gasteiger partial charge in [-0.1, -0.05) is 41.4 Å². The largest absolute Gasteiger partial charge is 0.330 e. The van der Waals surface area contributed by atoms with E-state index in [0.29, 0.717) is 10.4 Å². The van der Waals surface area contributed by atoms with Crippen LogP contribution in [0.3, 0.4) is 0 Å². The highest BCUT2D eigenvalue weighted by molar-refractivity contribution is 6.42. The van der Waals surface area contributed by atoms with E-state index in [9.17, 15) is 14.4 Å². The first-order chi connectivity index (χ1) is 12.9. The molecule has 2 N–H and O–H groups in total. The number of hydrogen-bond donors (Lipinski definition) is 2. The molecule has 0 saturated carbocycles. The lowest BCUT2D eigenvalue weighted by Gasteiger charge is -2.06. The van der Waals surface area contributed by atoms with E-state index < -0.39 is 17.7 Å². The Morgan fingerprint density at radius 1 is 1.07 bits per heavy atom. The SMILES string of the molecule is O=C1N=c2ccccc2=CC1=C=NNC(=O)C(=O)Nc1cc(Cl)ccc1Cl. The fraction of sp³-hybridized carbons (Fsp3) is 0. The highest BCUT2D eigenvalue weighted by atomic mass is 35.5. The Balaban J connectivity index is 1.72. The Morgan fingerprint density at radius 3 is 2.67 bits per heavy atom. The third-order valence-electron chi connectivity index (χ3n) is 3.41. The van der Waals surface area contributed by atoms with Gasteiger partial charge in [-0.15, -0.1) is 5.10 Å². The standard InChI is InChI=1S/C18H10Cl2N4O3/c19-12-5-6-13(20)15(8-12)23-17(26)18(27)24-21-9-11-7-10-3-1-2-4-14(10)22-16(11)25/h1-8H,(H,23,26)(H,24,27). The average molecular weight is 401 g/mol. The van der Waals surface area contributed by atoms with Crippen molar-refractivity contribution >= 4 is 58.6 Å². The van der Waals surface area contributed by atoms with Gasteiger partial charge in [0.25, 0.3) is 5.91 Å². The molecule has 0 unspecified atom stereocenters. The number of anilines is 1. The molecule has 0 fully saturated rings. The molecular weight excluding hydrogens is 391 g/mol. The molecule has 9 heteroatoms. The molecule has 1 aliphatic heterocycles. The summed E-state index contributed by atoms with van der Waals surface area (Å²) in [6.07, 6.45) is 1.53. The number of carbonyl (C=O) groups excluding carboxylic acids is 3. The van der Waals surface area contributed by atoms with Crippen molar-refractivity contribution in [2.45, 2.75) is 0 Å². The summed E-state index contributed by atoms with van der Waals surface area (Å²) in [5.41, 5.74) is 2.21. The zero-order chi connectivity index (χ0) is 19.4. The minimum Gasteiger partial charge on any atom is -0.316 e. The number of halogens is 2. The van der Waals surface area contributed by atoms with Crippen LogP contribution in [0.1, 0.15) is 0 Å². The van der Waals surface area contributed by atoms with Crippen LogP contribution in [0.4, 0.5) is 5.69 Å². The predicted molar refractivity (Wildman–Crippen MR) is 101 cm³/mol. The summed E-state index contributed by atoms with van der Waals surface area (Å²) < 4.78 is 0. The van der Waals surface area contributed by atoms with E-state index in [-0.39, 0.29) is 16.3 Å². The Kier molecular flexibility index (Phi) is 5.47. The summed E-state index contributed by atoms with van der Waals surface area (Å²) >= 11 is 11.7. The predicted octanol–water partition coefficient (Wildman–Crippen LogP) is 1.20. The van der Waals surface area contributed by atoms with E-state index in [2.05, 4.69) is 21.3 Å². The molecule has 134 valence electrons. The summed E-state index contributed by atoms with van der Waals surface area (Å²) in [5.74, 6) is -0.268. The molecule has 3 rings (SSSR count). The monoisotopic (exact) mass is 400 g/mol. The molecule has 0 aliphatic carbocycles. The van der Waals surface area contributed by atoms with Crippen molar-refractivity contribution in [2.24, 2.45) is 10.1 Å². The molecule has 1 aliphatic rings. The van der Waals surface area contributed by atoms with E-state index in [1.54, 1.807) is 24.3 Å². The van der Waals surface area contributed by atoms with Crippen molar-refractivity contribution in [1.82, 2.24) is 5.43 Å². The quantitative estimate of drug-likeness (QED) is 0.342. The van der Waals surface area contributed by atoms with Crippen LogP contribution in [0, 0.1) is 0 Å². The number of fused-ring (bicyclic) bond motifs is 1. The number of nitrogens with zero attached hydrogens (tertiary/aromatic N) is 2. The van der Waals surface area contributed by atoms with Gasteiger partial charge < -0.3 is 5.32 Å². The molecule has 7 nitrogen and oxygen atoms in total. The summed E-state index contributed by atoms with van der Waals surface area (Å²) in [5, 5.41) is 7.62. The first-order valence-corrected chi connectivity index (χ1v) is 8.28. The number of rotatable bonds is 2. The van der Waals surface area contributed by atoms with E-state index in [1.165, 1.54) is 24.3 Å². The zero-order valence-corrected chi connectivity index (χ0v) is 15.0. The Hall–Kier alpha value is -3.25. The normalized spacial score (nSPS) is 12.1. The summed E-state index contributed by atoms with van der Waals surface area (Å²) in [4.78, 5) is 39.5. The van der Waals surface area contributed by atoms with Gasteiger partial charge in [-0.2, -0.15) is 0 Å². The molecular formula is C18H10Cl2N4O3. The van der Waals surface area contributed by atoms with Crippen LogP contribution in [-0.4, -0.2) is 23.6 Å². The summed E-state index contributed by atoms with van der Waals surface area (Å²) in [6, 6.07) is 11.4. The molecule has 1 heterocycles. The Bertz CT molecular complexity index is 1150. The van der Waals surface area contributed by atoms with E-state index in [4.69, 9.17) is 23.2 Å². The first kappa shape index (κ1) is 18.5. The summed E-state index contributed by atoms with van der Waals surface area (Å²) in [7, 11) is 0. The Labute approximate surface area is 162 Å². The number of para-hydroxylation sites is 1. The van der Waals surface area contributed by atoms with Crippen molar-refractivity contribution in [3.63, 3.8) is 0 Å². The van der Waals surface area contributed by atoms with Crippen molar-refractivity contribution < 1.29 is 14.4 Å². The molecule has 0 spiro atoms. The molecule has 2 aromatic carbocycles. The number of carbonyl (C=O) groups is 3. The summed E-state index contributed by atoms with van der Waals surface area (Å²) in [6.45, 7) is 0. The zero-order valence-electron chi connectivity index (χ0n) is 13.5. The van der Waals surface area contributed by atoms with E-state index in [0.717, 1.165) is 5.22 Å². The second-order valence-electron chi connectivity index (χ2n) is 5.28. The lowest BCUT2D eigenvalue weighted by Crippen LogP contribution is -2.32. The van der Waals surface area contributed by atoms with Crippen molar-refractivity contribution in [1.29, 1.82) is 0 Å². The van der Waals surface area contributed by atoms with Crippen LogP contribution in [-0.2, 0) is 14.4 Å². The van der Waals surface area contributed by atoms with Crippen LogP contribution in [0.5, 0.6) is 0 Å². The van der Waals surface area contributed by atoms with Gasteiger partial charge in [0.2, 0.25) is 0 Å². The number of nitrogens with one attached hydrogen (secondary N) is 2. The van der Waals surface area contributed by atoms with E-state index in [1.807, 2.05) is 5.43 Å². The topological polar surface area (TPSA) is 100.0 Å². The van der Waals surface area contributed by atoms with Crippen LogP contribution in [0.15, 0.2) is 58.1 Å². The third kappa shape index (κ3) is 4.48. The molecule has 0 radical (unpaired) electrons. The van der Waals surface area contributed by atoms with Gasteiger partial charge in [-0.05, 0) is 30.3 Å². The van der Waals surface area contributed by atoms with E-state index >= 15 is 0 Å². The van der Waals surface area contributed by atoms with Crippen molar-refractivity contribution in [3.05, 3.63) is 68.7 Å². The average Bonchev–Trinajstić information content (AvgIpc) is 2.65. The minimum atomic E-state index is -1.07. The molecule has 0 bridgehead atoms.